The van der Waals surface area contributed by atoms with Gasteiger partial charge >= 0.3 is 0 Å². The van der Waals surface area contributed by atoms with Crippen molar-refractivity contribution in [2.45, 2.75) is 13.5 Å². The van der Waals surface area contributed by atoms with Gasteiger partial charge < -0.3 is 11.1 Å². The number of nitrogens with two attached hydrogens (primary N) is 1. The third kappa shape index (κ3) is 2.66. The average Bonchev–Trinajstić information content (AvgIpc) is 2.62. The molecule has 2 aromatic rings. The number of anilines is 2. The van der Waals surface area contributed by atoms with Crippen molar-refractivity contribution in [2.24, 2.45) is 0 Å². The van der Waals surface area contributed by atoms with Crippen LogP contribution in [0.2, 0.25) is 0 Å². The molecule has 0 amide bonds. The van der Waals surface area contributed by atoms with Crippen LogP contribution >= 0.6 is 11.5 Å². The third-order valence-electron chi connectivity index (χ3n) is 1.92. The van der Waals surface area contributed by atoms with Crippen molar-refractivity contribution in [1.82, 2.24) is 9.36 Å². The maximum Gasteiger partial charge on any atom is 0.139 e. The van der Waals surface area contributed by atoms with E-state index in [1.807, 2.05) is 31.2 Å². The number of rotatable bonds is 3. The van der Waals surface area contributed by atoms with Crippen molar-refractivity contribution in [2.75, 3.05) is 11.1 Å². The van der Waals surface area contributed by atoms with Gasteiger partial charge in [0.05, 0.1) is 12.2 Å². The van der Waals surface area contributed by atoms with Crippen molar-refractivity contribution < 1.29 is 0 Å². The Morgan fingerprint density at radius 3 is 3.00 bits per heavy atom. The van der Waals surface area contributed by atoms with E-state index >= 15 is 0 Å². The summed E-state index contributed by atoms with van der Waals surface area (Å²) in [6.07, 6.45) is 0. The second-order valence-corrected chi connectivity index (χ2v) is 4.04. The molecule has 0 fully saturated rings. The highest BCUT2D eigenvalue weighted by Crippen LogP contribution is 2.17. The first kappa shape index (κ1) is 9.92. The molecule has 2 heterocycles. The van der Waals surface area contributed by atoms with Crippen LogP contribution in [0, 0.1) is 6.92 Å². The lowest BCUT2D eigenvalue weighted by atomic mass is 10.3. The molecule has 0 aromatic carbocycles. The Bertz CT molecular complexity index is 452. The summed E-state index contributed by atoms with van der Waals surface area (Å²) < 4.78 is 3.98. The van der Waals surface area contributed by atoms with Crippen LogP contribution in [0.25, 0.3) is 0 Å². The number of nitrogen functional groups attached to an aromatic ring is 1. The molecule has 0 saturated heterocycles. The SMILES string of the molecule is Cc1cccc(CNc2cc(N)ns2)n1. The van der Waals surface area contributed by atoms with Crippen molar-refractivity contribution in [3.8, 4) is 0 Å². The molecule has 0 bridgehead atoms. The third-order valence-corrected chi connectivity index (χ3v) is 2.68. The van der Waals surface area contributed by atoms with Crippen LogP contribution in [-0.2, 0) is 6.54 Å². The summed E-state index contributed by atoms with van der Waals surface area (Å²) in [7, 11) is 0. The summed E-state index contributed by atoms with van der Waals surface area (Å²) in [4.78, 5) is 4.39. The lowest BCUT2D eigenvalue weighted by Gasteiger charge is -2.02. The highest BCUT2D eigenvalue weighted by molar-refractivity contribution is 7.10. The zero-order valence-electron chi connectivity index (χ0n) is 8.40. The van der Waals surface area contributed by atoms with Crippen LogP contribution in [0.4, 0.5) is 10.8 Å². The average molecular weight is 220 g/mol. The predicted octanol–water partition coefficient (Wildman–Crippen LogP) is 2.04. The van der Waals surface area contributed by atoms with Gasteiger partial charge in [-0.25, -0.2) is 0 Å². The van der Waals surface area contributed by atoms with Gasteiger partial charge in [-0.3, -0.25) is 4.98 Å². The van der Waals surface area contributed by atoms with E-state index in [9.17, 15) is 0 Å². The van der Waals surface area contributed by atoms with Gasteiger partial charge in [0.2, 0.25) is 0 Å². The van der Waals surface area contributed by atoms with E-state index in [0.717, 1.165) is 16.4 Å². The van der Waals surface area contributed by atoms with E-state index < -0.39 is 0 Å². The molecule has 0 saturated carbocycles. The Morgan fingerprint density at radius 2 is 2.33 bits per heavy atom. The van der Waals surface area contributed by atoms with Crippen LogP contribution in [0.1, 0.15) is 11.4 Å². The molecule has 0 aliphatic carbocycles. The molecule has 0 atom stereocenters. The summed E-state index contributed by atoms with van der Waals surface area (Å²) in [6, 6.07) is 7.79. The Kier molecular flexibility index (Phi) is 2.82. The fourth-order valence-electron chi connectivity index (χ4n) is 1.25. The van der Waals surface area contributed by atoms with E-state index in [0.29, 0.717) is 12.4 Å². The Labute approximate surface area is 92.3 Å². The minimum absolute atomic E-state index is 0.555. The first-order valence-corrected chi connectivity index (χ1v) is 5.40. The van der Waals surface area contributed by atoms with Gasteiger partial charge in [-0.05, 0) is 30.6 Å². The number of aryl methyl sites for hydroxylation is 1. The standard InChI is InChI=1S/C10H12N4S/c1-7-3-2-4-8(13-7)6-12-10-5-9(11)14-15-10/h2-5,12H,6H2,1H3,(H2,11,14). The number of hydrogen-bond donors (Lipinski definition) is 2. The molecule has 0 aliphatic rings. The zero-order chi connectivity index (χ0) is 10.7. The van der Waals surface area contributed by atoms with Gasteiger partial charge in [0, 0.05) is 11.8 Å². The van der Waals surface area contributed by atoms with Crippen LogP contribution in [0.5, 0.6) is 0 Å². The maximum atomic E-state index is 5.52. The first-order valence-electron chi connectivity index (χ1n) is 4.62. The van der Waals surface area contributed by atoms with Crippen LogP contribution < -0.4 is 11.1 Å². The highest BCUT2D eigenvalue weighted by atomic mass is 32.1. The predicted molar refractivity (Wildman–Crippen MR) is 62.8 cm³/mol. The molecule has 0 aliphatic heterocycles. The van der Waals surface area contributed by atoms with E-state index in [1.165, 1.54) is 11.5 Å². The van der Waals surface area contributed by atoms with Crippen LogP contribution in [0.3, 0.4) is 0 Å². The topological polar surface area (TPSA) is 63.8 Å². The van der Waals surface area contributed by atoms with Crippen molar-refractivity contribution in [1.29, 1.82) is 0 Å². The van der Waals surface area contributed by atoms with Gasteiger partial charge in [-0.1, -0.05) is 6.07 Å². The zero-order valence-corrected chi connectivity index (χ0v) is 9.21. The molecular formula is C10H12N4S. The van der Waals surface area contributed by atoms with Gasteiger partial charge in [0.25, 0.3) is 0 Å². The Hall–Kier alpha value is -1.62. The summed E-state index contributed by atoms with van der Waals surface area (Å²) in [5.41, 5.74) is 7.56. The van der Waals surface area contributed by atoms with E-state index in [-0.39, 0.29) is 0 Å². The van der Waals surface area contributed by atoms with Gasteiger partial charge in [0.15, 0.2) is 0 Å². The van der Waals surface area contributed by atoms with Gasteiger partial charge in [-0.15, -0.1) is 0 Å². The van der Waals surface area contributed by atoms with E-state index in [1.54, 1.807) is 0 Å². The molecule has 3 N–H and O–H groups in total. The number of pyridine rings is 1. The van der Waals surface area contributed by atoms with Gasteiger partial charge in [-0.2, -0.15) is 4.37 Å². The van der Waals surface area contributed by atoms with Crippen molar-refractivity contribution >= 4 is 22.4 Å². The van der Waals surface area contributed by atoms with Crippen LogP contribution in [-0.4, -0.2) is 9.36 Å². The van der Waals surface area contributed by atoms with E-state index in [2.05, 4.69) is 14.7 Å². The number of nitrogens with zero attached hydrogens (tertiary/aromatic N) is 2. The summed E-state index contributed by atoms with van der Waals surface area (Å²) in [6.45, 7) is 2.68. The molecule has 78 valence electrons. The molecule has 4 nitrogen and oxygen atoms in total. The number of aromatic nitrogens is 2. The Balaban J connectivity index is 1.99. The maximum absolute atomic E-state index is 5.52. The van der Waals surface area contributed by atoms with Crippen molar-refractivity contribution in [3.63, 3.8) is 0 Å². The highest BCUT2D eigenvalue weighted by Gasteiger charge is 1.99. The first-order chi connectivity index (χ1) is 7.24. The molecule has 15 heavy (non-hydrogen) atoms. The molecule has 2 rings (SSSR count). The number of hydrogen-bond acceptors (Lipinski definition) is 5. The minimum atomic E-state index is 0.555. The van der Waals surface area contributed by atoms with Crippen molar-refractivity contribution in [3.05, 3.63) is 35.7 Å². The smallest absolute Gasteiger partial charge is 0.139 e. The molecule has 0 radical (unpaired) electrons. The monoisotopic (exact) mass is 220 g/mol. The number of nitrogens with one attached hydrogen (secondary N) is 1. The fourth-order valence-corrected chi connectivity index (χ4v) is 1.81. The molecule has 0 spiro atoms. The lowest BCUT2D eigenvalue weighted by molar-refractivity contribution is 1.02. The molecule has 5 heteroatoms. The second kappa shape index (κ2) is 4.27. The second-order valence-electron chi connectivity index (χ2n) is 3.24. The van der Waals surface area contributed by atoms with Gasteiger partial charge in [0.1, 0.15) is 10.8 Å². The van der Waals surface area contributed by atoms with E-state index in [4.69, 9.17) is 5.73 Å². The fraction of sp³-hybridized carbons (Fsp3) is 0.200. The largest absolute Gasteiger partial charge is 0.383 e. The quantitative estimate of drug-likeness (QED) is 0.830. The summed E-state index contributed by atoms with van der Waals surface area (Å²) >= 11 is 1.36. The molecule has 2 aromatic heterocycles. The lowest BCUT2D eigenvalue weighted by Crippen LogP contribution is -2.00. The molecular weight excluding hydrogens is 208 g/mol. The Morgan fingerprint density at radius 1 is 1.47 bits per heavy atom. The normalized spacial score (nSPS) is 10.2. The molecule has 0 unspecified atom stereocenters. The summed E-state index contributed by atoms with van der Waals surface area (Å²) in [5.74, 6) is 0.555. The van der Waals surface area contributed by atoms with Crippen LogP contribution in [0.15, 0.2) is 24.3 Å². The minimum Gasteiger partial charge on any atom is -0.383 e. The summed E-state index contributed by atoms with van der Waals surface area (Å²) in [5, 5.41) is 4.19.